The molecule has 0 heterocycles. The summed E-state index contributed by atoms with van der Waals surface area (Å²) in [7, 11) is 15.7. The Morgan fingerprint density at radius 2 is 0.261 bits per heavy atom. The van der Waals surface area contributed by atoms with Crippen LogP contribution in [0.25, 0.3) is 0 Å². The molecule has 452 valence electrons. The fourth-order valence-corrected chi connectivity index (χ4v) is 22.4. The van der Waals surface area contributed by atoms with Gasteiger partial charge in [-0.1, -0.05) is 194 Å². The van der Waals surface area contributed by atoms with E-state index in [-0.39, 0.29) is 0 Å². The molecule has 8 nitrogen and oxygen atoms in total. The van der Waals surface area contributed by atoms with Crippen molar-refractivity contribution in [2.75, 3.05) is 146 Å². The summed E-state index contributed by atoms with van der Waals surface area (Å²) >= 11 is 0. The van der Waals surface area contributed by atoms with Gasteiger partial charge in [0.05, 0.1) is 0 Å². The van der Waals surface area contributed by atoms with Crippen LogP contribution < -0.4 is 60.4 Å². The number of nitrogens with zero attached hydrogens (tertiary/aromatic N) is 8. The van der Waals surface area contributed by atoms with E-state index in [2.05, 4.69) is 387 Å². The summed E-state index contributed by atoms with van der Waals surface area (Å²) in [4.78, 5) is 19.5. The van der Waals surface area contributed by atoms with Crippen molar-refractivity contribution in [2.45, 2.75) is 0 Å². The third kappa shape index (κ3) is 18.7. The van der Waals surface area contributed by atoms with Crippen LogP contribution in [0.4, 0.5) is 45.5 Å². The van der Waals surface area contributed by atoms with Crippen LogP contribution in [0.5, 0.6) is 0 Å². The molecule has 12 heteroatoms. The molecule has 0 aliphatic heterocycles. The lowest BCUT2D eigenvalue weighted by Gasteiger charge is -2.35. The highest BCUT2D eigenvalue weighted by Gasteiger charge is 2.28. The Morgan fingerprint density at radius 3 is 0.375 bits per heavy atom. The van der Waals surface area contributed by atoms with Crippen molar-refractivity contribution < 1.29 is 0 Å². The van der Waals surface area contributed by atoms with Crippen LogP contribution >= 0.6 is 31.7 Å². The van der Waals surface area contributed by atoms with Gasteiger partial charge < -0.3 is 39.2 Å². The van der Waals surface area contributed by atoms with E-state index in [1.165, 1.54) is 66.7 Å². The monoisotopic (exact) mass is 1240 g/mol. The molecule has 0 bridgehead atoms. The van der Waals surface area contributed by atoms with Crippen LogP contribution in [-0.2, 0) is 0 Å². The van der Waals surface area contributed by atoms with E-state index in [0.717, 1.165) is 50.3 Å². The summed E-state index contributed by atoms with van der Waals surface area (Å²) in [6, 6.07) is 105. The molecule has 0 saturated carbocycles. The lowest BCUT2D eigenvalue weighted by Crippen LogP contribution is -2.35. The van der Waals surface area contributed by atoms with Crippen LogP contribution in [0, 0.1) is 0 Å². The van der Waals surface area contributed by atoms with Gasteiger partial charge in [0.1, 0.15) is 0 Å². The standard InChI is InChI=1S/2C38H44N4P2/c2*1-39(33-19-9-5-10-20-33)29-43(30-40(2)34-21-11-6-12-22-34)37-27-17-18-28-38(37)44(31-41(3)35-23-13-7-14-24-35)32-42(4)36-25-15-8-16-26-36/h2*5-28H,29-32H2,1-4H3. The number of benzene rings is 10. The first kappa shape index (κ1) is 64.8. The highest BCUT2D eigenvalue weighted by atomic mass is 31.1. The quantitative estimate of drug-likeness (QED) is 0.0448. The Hall–Kier alpha value is -7.68. The fraction of sp³-hybridized carbons (Fsp3) is 0.211. The molecular formula is C76H88N8P4. The van der Waals surface area contributed by atoms with E-state index in [4.69, 9.17) is 0 Å². The average Bonchev–Trinajstić information content (AvgIpc) is 1.77. The Balaban J connectivity index is 0.000000209. The third-order valence-corrected chi connectivity index (χ3v) is 26.5. The minimum absolute atomic E-state index is 0.563. The van der Waals surface area contributed by atoms with Crippen molar-refractivity contribution in [3.05, 3.63) is 291 Å². The molecule has 10 aromatic rings. The molecule has 0 saturated heterocycles. The molecule has 0 unspecified atom stereocenters. The zero-order valence-corrected chi connectivity index (χ0v) is 56.3. The first-order valence-corrected chi connectivity index (χ1v) is 37.1. The molecule has 0 radical (unpaired) electrons. The Bertz CT molecular complexity index is 2890. The summed E-state index contributed by atoms with van der Waals surface area (Å²) in [5.41, 5.74) is 10.1. The van der Waals surface area contributed by atoms with Crippen LogP contribution in [0.3, 0.4) is 0 Å². The third-order valence-electron chi connectivity index (χ3n) is 15.8. The molecule has 0 N–H and O–H groups in total. The summed E-state index contributed by atoms with van der Waals surface area (Å²) in [6.07, 6.45) is 7.89. The predicted octanol–water partition coefficient (Wildman–Crippen LogP) is 16.6. The lowest BCUT2D eigenvalue weighted by molar-refractivity contribution is 1.05. The SMILES string of the molecule is CN(CP(CN(C)c1ccccc1)c1ccccc1P(CN(C)c1ccccc1)CN(C)c1ccccc1)c1ccccc1.CN(CP(CN(C)c1ccccc1)c1ccccc1P(CN(C)c1ccccc1)CN(C)c1ccccc1)c1ccccc1. The van der Waals surface area contributed by atoms with Crippen molar-refractivity contribution >= 4 is 98.4 Å². The molecule has 0 atom stereocenters. The molecule has 10 rings (SSSR count). The number of hydrogen-bond acceptors (Lipinski definition) is 8. The highest BCUT2D eigenvalue weighted by molar-refractivity contribution is 7.72. The number of para-hydroxylation sites is 8. The van der Waals surface area contributed by atoms with Gasteiger partial charge in [0.2, 0.25) is 0 Å². The Kier molecular flexibility index (Phi) is 24.7. The molecular weight excluding hydrogens is 1150 g/mol. The van der Waals surface area contributed by atoms with E-state index < -0.39 is 31.7 Å². The first-order valence-electron chi connectivity index (χ1n) is 30.3. The minimum atomic E-state index is -0.563. The van der Waals surface area contributed by atoms with Gasteiger partial charge in [0.15, 0.2) is 0 Å². The average molecular weight is 1240 g/mol. The lowest BCUT2D eigenvalue weighted by atomic mass is 10.3. The highest BCUT2D eigenvalue weighted by Crippen LogP contribution is 2.46. The van der Waals surface area contributed by atoms with Gasteiger partial charge in [-0.3, -0.25) is 0 Å². The van der Waals surface area contributed by atoms with Gasteiger partial charge in [-0.05, 0) is 150 Å². The summed E-state index contributed by atoms with van der Waals surface area (Å²) in [6.45, 7) is 0. The maximum absolute atomic E-state index is 2.44. The van der Waals surface area contributed by atoms with E-state index in [9.17, 15) is 0 Å². The molecule has 10 aromatic carbocycles. The molecule has 0 fully saturated rings. The smallest absolute Gasteiger partial charge is 0.0431 e. The maximum atomic E-state index is 2.44. The summed E-state index contributed by atoms with van der Waals surface area (Å²) < 4.78 is 0. The van der Waals surface area contributed by atoms with E-state index in [1.54, 1.807) is 0 Å². The van der Waals surface area contributed by atoms with Gasteiger partial charge in [0.25, 0.3) is 0 Å². The van der Waals surface area contributed by atoms with E-state index in [1.807, 2.05) is 0 Å². The van der Waals surface area contributed by atoms with Crippen molar-refractivity contribution in [3.8, 4) is 0 Å². The topological polar surface area (TPSA) is 25.9 Å². The van der Waals surface area contributed by atoms with Crippen molar-refractivity contribution in [3.63, 3.8) is 0 Å². The van der Waals surface area contributed by atoms with Crippen molar-refractivity contribution in [2.24, 2.45) is 0 Å². The minimum Gasteiger partial charge on any atom is -0.370 e. The number of hydrogen-bond donors (Lipinski definition) is 0. The molecule has 0 amide bonds. The first-order chi connectivity index (χ1) is 43.0. The number of rotatable bonds is 28. The van der Waals surface area contributed by atoms with Gasteiger partial charge in [0, 0.05) is 152 Å². The molecule has 0 aromatic heterocycles. The zero-order chi connectivity index (χ0) is 61.5. The van der Waals surface area contributed by atoms with Crippen LogP contribution in [0.2, 0.25) is 0 Å². The van der Waals surface area contributed by atoms with E-state index >= 15 is 0 Å². The number of anilines is 8. The van der Waals surface area contributed by atoms with Crippen molar-refractivity contribution in [1.29, 1.82) is 0 Å². The van der Waals surface area contributed by atoms with Gasteiger partial charge >= 0.3 is 0 Å². The van der Waals surface area contributed by atoms with Crippen LogP contribution in [-0.4, -0.2) is 107 Å². The van der Waals surface area contributed by atoms with E-state index in [0.29, 0.717) is 0 Å². The molecule has 0 aliphatic rings. The van der Waals surface area contributed by atoms with Crippen LogP contribution in [0.1, 0.15) is 0 Å². The molecule has 0 spiro atoms. The van der Waals surface area contributed by atoms with Gasteiger partial charge in [-0.15, -0.1) is 0 Å². The second-order valence-electron chi connectivity index (χ2n) is 22.5. The second-order valence-corrected chi connectivity index (χ2v) is 31.0. The van der Waals surface area contributed by atoms with Crippen LogP contribution in [0.15, 0.2) is 291 Å². The largest absolute Gasteiger partial charge is 0.370 e. The summed E-state index contributed by atoms with van der Waals surface area (Å²) in [5, 5.41) is 6.06. The molecule has 88 heavy (non-hydrogen) atoms. The van der Waals surface area contributed by atoms with Crippen molar-refractivity contribution in [1.82, 2.24) is 0 Å². The van der Waals surface area contributed by atoms with Gasteiger partial charge in [-0.2, -0.15) is 0 Å². The summed E-state index contributed by atoms with van der Waals surface area (Å²) in [5.74, 6) is 0. The normalized spacial score (nSPS) is 11.0. The Labute approximate surface area is 532 Å². The molecule has 0 aliphatic carbocycles. The second kappa shape index (κ2) is 33.6. The predicted molar refractivity (Wildman–Crippen MR) is 397 cm³/mol. The fourth-order valence-electron chi connectivity index (χ4n) is 10.9. The zero-order valence-electron chi connectivity index (χ0n) is 52.7. The Morgan fingerprint density at radius 1 is 0.159 bits per heavy atom. The van der Waals surface area contributed by atoms with Gasteiger partial charge in [-0.25, -0.2) is 0 Å². The maximum Gasteiger partial charge on any atom is 0.0431 e.